The van der Waals surface area contributed by atoms with Crippen molar-refractivity contribution in [2.75, 3.05) is 13.7 Å². The minimum atomic E-state index is -1.01. The van der Waals surface area contributed by atoms with Crippen LogP contribution in [0.1, 0.15) is 55.1 Å². The van der Waals surface area contributed by atoms with E-state index < -0.39 is 5.54 Å². The molecule has 2 heterocycles. The van der Waals surface area contributed by atoms with Crippen LogP contribution in [0.15, 0.2) is 66.2 Å². The first-order valence-corrected chi connectivity index (χ1v) is 12.5. The van der Waals surface area contributed by atoms with Crippen LogP contribution in [0.25, 0.3) is 10.9 Å². The molecule has 6 heteroatoms. The fraction of sp³-hybridized carbons (Fsp3) is 0.379. The number of fused-ring (bicyclic) bond motifs is 3. The summed E-state index contributed by atoms with van der Waals surface area (Å²) >= 11 is 0. The molecule has 2 aromatic carbocycles. The van der Waals surface area contributed by atoms with E-state index in [9.17, 15) is 9.59 Å². The maximum atomic E-state index is 13.8. The van der Waals surface area contributed by atoms with Crippen LogP contribution in [0.4, 0.5) is 0 Å². The molecule has 182 valence electrons. The molecule has 2 amide bonds. The number of nitrogens with one attached hydrogen (secondary N) is 1. The first kappa shape index (κ1) is 23.2. The summed E-state index contributed by atoms with van der Waals surface area (Å²) in [5.74, 6) is 0.495. The van der Waals surface area contributed by atoms with Gasteiger partial charge in [0, 0.05) is 29.6 Å². The molecule has 0 saturated carbocycles. The van der Waals surface area contributed by atoms with Crippen molar-refractivity contribution in [2.24, 2.45) is 0 Å². The van der Waals surface area contributed by atoms with Gasteiger partial charge in [-0.25, -0.2) is 0 Å². The second-order valence-electron chi connectivity index (χ2n) is 9.76. The smallest absolute Gasteiger partial charge is 0.271 e. The number of benzene rings is 2. The molecule has 1 aliphatic heterocycles. The molecule has 1 atom stereocenters. The van der Waals surface area contributed by atoms with E-state index >= 15 is 0 Å². The molecule has 0 saturated heterocycles. The van der Waals surface area contributed by atoms with Gasteiger partial charge in [-0.15, -0.1) is 0 Å². The maximum Gasteiger partial charge on any atom is 0.271 e. The van der Waals surface area contributed by atoms with Crippen LogP contribution < -0.4 is 10.1 Å². The molecule has 35 heavy (non-hydrogen) atoms. The van der Waals surface area contributed by atoms with Crippen molar-refractivity contribution >= 4 is 22.7 Å². The van der Waals surface area contributed by atoms with Gasteiger partial charge in [0.25, 0.3) is 5.91 Å². The van der Waals surface area contributed by atoms with Crippen molar-refractivity contribution in [3.63, 3.8) is 0 Å². The lowest BCUT2D eigenvalue weighted by Crippen LogP contribution is -2.64. The highest BCUT2D eigenvalue weighted by Crippen LogP contribution is 2.33. The van der Waals surface area contributed by atoms with E-state index in [1.54, 1.807) is 12.0 Å². The number of aromatic nitrogens is 1. The van der Waals surface area contributed by atoms with Gasteiger partial charge in [-0.2, -0.15) is 0 Å². The second-order valence-corrected chi connectivity index (χ2v) is 9.76. The van der Waals surface area contributed by atoms with Gasteiger partial charge in [-0.1, -0.05) is 48.0 Å². The van der Waals surface area contributed by atoms with Crippen LogP contribution >= 0.6 is 0 Å². The SMILES string of the molecule is COc1ccccc1CNC(=O)[C@@]1(C)Cn2c(cc3ccccc32)C(=O)N1CCC1=CCCCC1. The normalized spacial score (nSPS) is 19.9. The summed E-state index contributed by atoms with van der Waals surface area (Å²) in [4.78, 5) is 29.4. The first-order chi connectivity index (χ1) is 17.0. The lowest BCUT2D eigenvalue weighted by molar-refractivity contribution is -0.133. The summed E-state index contributed by atoms with van der Waals surface area (Å²) in [7, 11) is 1.63. The average Bonchev–Trinajstić information content (AvgIpc) is 3.26. The molecule has 1 aromatic heterocycles. The first-order valence-electron chi connectivity index (χ1n) is 12.5. The minimum absolute atomic E-state index is 0.0844. The van der Waals surface area contributed by atoms with Gasteiger partial charge in [-0.05, 0) is 57.2 Å². The highest BCUT2D eigenvalue weighted by molar-refractivity contribution is 6.03. The van der Waals surface area contributed by atoms with Crippen LogP contribution in [-0.4, -0.2) is 40.5 Å². The average molecular weight is 472 g/mol. The Labute approximate surface area is 206 Å². The van der Waals surface area contributed by atoms with Gasteiger partial charge >= 0.3 is 0 Å². The third kappa shape index (κ3) is 4.33. The molecule has 0 fully saturated rings. The summed E-state index contributed by atoms with van der Waals surface area (Å²) < 4.78 is 7.46. The van der Waals surface area contributed by atoms with Crippen molar-refractivity contribution in [1.29, 1.82) is 0 Å². The van der Waals surface area contributed by atoms with Gasteiger partial charge in [0.2, 0.25) is 5.91 Å². The monoisotopic (exact) mass is 471 g/mol. The zero-order valence-corrected chi connectivity index (χ0v) is 20.5. The molecular formula is C29H33N3O3. The van der Waals surface area contributed by atoms with E-state index in [-0.39, 0.29) is 11.8 Å². The lowest BCUT2D eigenvalue weighted by atomic mass is 9.92. The number of hydrogen-bond donors (Lipinski definition) is 1. The topological polar surface area (TPSA) is 63.6 Å². The Kier molecular flexibility index (Phi) is 6.37. The number of hydrogen-bond acceptors (Lipinski definition) is 3. The lowest BCUT2D eigenvalue weighted by Gasteiger charge is -2.44. The number of rotatable bonds is 7. The van der Waals surface area contributed by atoms with E-state index in [2.05, 4.69) is 11.4 Å². The van der Waals surface area contributed by atoms with Gasteiger partial charge < -0.3 is 19.5 Å². The summed E-state index contributed by atoms with van der Waals surface area (Å²) in [6.07, 6.45) is 7.74. The Morgan fingerprint density at radius 2 is 1.91 bits per heavy atom. The number of carbonyl (C=O) groups is 2. The van der Waals surface area contributed by atoms with Gasteiger partial charge in [0.1, 0.15) is 17.0 Å². The van der Waals surface area contributed by atoms with Crippen molar-refractivity contribution in [2.45, 2.75) is 57.7 Å². The number of ether oxygens (including phenoxy) is 1. The Hall–Kier alpha value is -3.54. The van der Waals surface area contributed by atoms with Crippen LogP contribution in [0.2, 0.25) is 0 Å². The Morgan fingerprint density at radius 1 is 1.11 bits per heavy atom. The van der Waals surface area contributed by atoms with Gasteiger partial charge in [0.05, 0.1) is 13.7 Å². The van der Waals surface area contributed by atoms with E-state index in [4.69, 9.17) is 4.74 Å². The highest BCUT2D eigenvalue weighted by atomic mass is 16.5. The van der Waals surface area contributed by atoms with E-state index in [1.807, 2.05) is 66.1 Å². The van der Waals surface area contributed by atoms with E-state index in [0.29, 0.717) is 25.3 Å². The Balaban J connectivity index is 1.46. The maximum absolute atomic E-state index is 13.8. The van der Waals surface area contributed by atoms with Crippen LogP contribution in [0.3, 0.4) is 0 Å². The number of carbonyl (C=O) groups excluding carboxylic acids is 2. The molecule has 2 aliphatic rings. The van der Waals surface area contributed by atoms with Crippen molar-refractivity contribution in [1.82, 2.24) is 14.8 Å². The molecule has 0 spiro atoms. The Morgan fingerprint density at radius 3 is 2.71 bits per heavy atom. The fourth-order valence-electron chi connectivity index (χ4n) is 5.46. The Bertz CT molecular complexity index is 1290. The summed E-state index contributed by atoms with van der Waals surface area (Å²) in [5, 5.41) is 4.12. The molecular weight excluding hydrogens is 438 g/mol. The third-order valence-corrected chi connectivity index (χ3v) is 7.50. The van der Waals surface area contributed by atoms with E-state index in [1.165, 1.54) is 18.4 Å². The predicted octanol–water partition coefficient (Wildman–Crippen LogP) is 5.07. The van der Waals surface area contributed by atoms with Crippen LogP contribution in [0.5, 0.6) is 5.75 Å². The third-order valence-electron chi connectivity index (χ3n) is 7.50. The molecule has 0 radical (unpaired) electrons. The fourth-order valence-corrected chi connectivity index (χ4v) is 5.46. The quantitative estimate of drug-likeness (QED) is 0.489. The molecule has 6 nitrogen and oxygen atoms in total. The summed E-state index contributed by atoms with van der Waals surface area (Å²) in [6, 6.07) is 17.6. The number of amides is 2. The molecule has 1 N–H and O–H groups in total. The van der Waals surface area contributed by atoms with Crippen molar-refractivity contribution in [3.8, 4) is 5.75 Å². The van der Waals surface area contributed by atoms with Gasteiger partial charge in [0.15, 0.2) is 0 Å². The zero-order valence-electron chi connectivity index (χ0n) is 20.5. The predicted molar refractivity (Wildman–Crippen MR) is 137 cm³/mol. The summed E-state index contributed by atoms with van der Waals surface area (Å²) in [5.41, 5.74) is 2.92. The number of para-hydroxylation sites is 2. The number of methoxy groups -OCH3 is 1. The van der Waals surface area contributed by atoms with Crippen molar-refractivity contribution in [3.05, 3.63) is 77.5 Å². The van der Waals surface area contributed by atoms with Crippen LogP contribution in [0, 0.1) is 0 Å². The van der Waals surface area contributed by atoms with Crippen LogP contribution in [-0.2, 0) is 17.9 Å². The van der Waals surface area contributed by atoms with Crippen molar-refractivity contribution < 1.29 is 14.3 Å². The minimum Gasteiger partial charge on any atom is -0.496 e. The van der Waals surface area contributed by atoms with Gasteiger partial charge in [-0.3, -0.25) is 9.59 Å². The molecule has 5 rings (SSSR count). The second kappa shape index (κ2) is 9.61. The number of nitrogens with zero attached hydrogens (tertiary/aromatic N) is 2. The highest BCUT2D eigenvalue weighted by Gasteiger charge is 2.47. The zero-order chi connectivity index (χ0) is 24.4. The molecule has 1 aliphatic carbocycles. The molecule has 3 aromatic rings. The van der Waals surface area contributed by atoms with E-state index in [0.717, 1.165) is 41.5 Å². The standard InChI is InChI=1S/C29H33N3O3/c1-29(28(34)30-19-23-13-7-9-15-26(23)35-2)20-31-24-14-8-6-12-22(24)18-25(31)27(33)32(29)17-16-21-10-4-3-5-11-21/h6-10,12-15,18H,3-5,11,16-17,19-20H2,1-2H3,(H,30,34)/t29-/m1/s1. The molecule has 0 unspecified atom stereocenters. The molecule has 0 bridgehead atoms. The largest absolute Gasteiger partial charge is 0.496 e. The summed E-state index contributed by atoms with van der Waals surface area (Å²) in [6.45, 7) is 3.18. The number of allylic oxidation sites excluding steroid dienone is 1.